The van der Waals surface area contributed by atoms with E-state index in [4.69, 9.17) is 16.3 Å². The number of rotatable bonds is 2. The summed E-state index contributed by atoms with van der Waals surface area (Å²) in [6, 6.07) is 11.5. The molecule has 288 valence electrons. The number of likely N-dealkylation sites (N-methyl/N-ethyl adjacent to an activating group) is 1. The molecule has 0 unspecified atom stereocenters. The third-order valence-electron chi connectivity index (χ3n) is 13.3. The Labute approximate surface area is 319 Å². The van der Waals surface area contributed by atoms with Crippen molar-refractivity contribution in [2.75, 3.05) is 84.0 Å². The lowest BCUT2D eigenvalue weighted by Gasteiger charge is -2.51. The van der Waals surface area contributed by atoms with Gasteiger partial charge < -0.3 is 14.5 Å². The summed E-state index contributed by atoms with van der Waals surface area (Å²) in [6.45, 7) is 12.5. The molecule has 1 aliphatic carbocycles. The maximum atomic E-state index is 16.8. The Kier molecular flexibility index (Phi) is 10.3. The number of piperazine rings is 2. The van der Waals surface area contributed by atoms with Gasteiger partial charge in [-0.2, -0.15) is 0 Å². The molecule has 6 atom stereocenters. The van der Waals surface area contributed by atoms with Crippen LogP contribution in [0, 0.1) is 5.92 Å². The highest BCUT2D eigenvalue weighted by Gasteiger charge is 2.45. The first-order chi connectivity index (χ1) is 25.4. The SMILES string of the molecule is C[C@@H]1[C@@H](C)C/C=C(\F)[C@H](CN2CCN3CCN(C)C[C@@H]3C2)N2CC[C@H]2CN2C[C@@]3(CCCc4cc(Cl)ccc43)COc3ccc(cc32)C(=O)NS1(=O)=O. The molecule has 3 fully saturated rings. The van der Waals surface area contributed by atoms with Crippen LogP contribution in [0.2, 0.25) is 5.02 Å². The van der Waals surface area contributed by atoms with Gasteiger partial charge in [0.15, 0.2) is 0 Å². The van der Waals surface area contributed by atoms with E-state index in [1.165, 1.54) is 11.1 Å². The predicted molar refractivity (Wildman–Crippen MR) is 207 cm³/mol. The number of nitrogens with one attached hydrogen (secondary N) is 1. The van der Waals surface area contributed by atoms with Crippen molar-refractivity contribution in [1.82, 2.24) is 24.3 Å². The lowest BCUT2D eigenvalue weighted by molar-refractivity contribution is -0.00822. The highest BCUT2D eigenvalue weighted by atomic mass is 35.5. The first kappa shape index (κ1) is 37.2. The van der Waals surface area contributed by atoms with E-state index in [0.717, 1.165) is 82.2 Å². The molecule has 0 aromatic heterocycles. The number of amides is 1. The van der Waals surface area contributed by atoms with Crippen LogP contribution >= 0.6 is 11.6 Å². The fourth-order valence-corrected chi connectivity index (χ4v) is 11.2. The van der Waals surface area contributed by atoms with E-state index in [-0.39, 0.29) is 29.3 Å². The highest BCUT2D eigenvalue weighted by Crippen LogP contribution is 2.45. The summed E-state index contributed by atoms with van der Waals surface area (Å²) < 4.78 is 52.9. The number of carbonyl (C=O) groups excluding carboxylic acids is 1. The average Bonchev–Trinajstić information content (AvgIpc) is 3.27. The molecule has 13 heteroatoms. The normalized spacial score (nSPS) is 34.0. The summed E-state index contributed by atoms with van der Waals surface area (Å²) >= 11 is 6.48. The molecule has 5 heterocycles. The van der Waals surface area contributed by atoms with Gasteiger partial charge in [0, 0.05) is 93.5 Å². The molecule has 5 aliphatic heterocycles. The molecule has 6 aliphatic rings. The second-order valence-corrected chi connectivity index (χ2v) is 19.2. The number of halogens is 2. The second kappa shape index (κ2) is 14.7. The number of hydrogen-bond donors (Lipinski definition) is 1. The smallest absolute Gasteiger partial charge is 0.264 e. The first-order valence-electron chi connectivity index (χ1n) is 19.5. The molecular formula is C40H54ClFN6O4S. The molecule has 2 aromatic rings. The monoisotopic (exact) mass is 768 g/mol. The van der Waals surface area contributed by atoms with Gasteiger partial charge in [-0.3, -0.25) is 19.5 Å². The van der Waals surface area contributed by atoms with Gasteiger partial charge in [0.05, 0.1) is 23.6 Å². The van der Waals surface area contributed by atoms with Crippen molar-refractivity contribution in [1.29, 1.82) is 0 Å². The van der Waals surface area contributed by atoms with Crippen LogP contribution in [0.5, 0.6) is 5.75 Å². The number of ether oxygens (including phenoxy) is 1. The summed E-state index contributed by atoms with van der Waals surface area (Å²) in [5.41, 5.74) is 3.19. The minimum atomic E-state index is -4.05. The zero-order valence-electron chi connectivity index (χ0n) is 31.3. The van der Waals surface area contributed by atoms with Crippen molar-refractivity contribution < 1.29 is 22.3 Å². The summed E-state index contributed by atoms with van der Waals surface area (Å²) in [5.74, 6) is -0.614. The molecule has 1 amide bonds. The lowest BCUT2D eigenvalue weighted by atomic mass is 9.70. The zero-order chi connectivity index (χ0) is 37.1. The summed E-state index contributed by atoms with van der Waals surface area (Å²) in [6.07, 6.45) is 5.70. The zero-order valence-corrected chi connectivity index (χ0v) is 32.8. The average molecular weight is 769 g/mol. The van der Waals surface area contributed by atoms with E-state index in [1.54, 1.807) is 31.2 Å². The summed E-state index contributed by atoms with van der Waals surface area (Å²) in [5, 5.41) is -0.184. The predicted octanol–water partition coefficient (Wildman–Crippen LogP) is 4.53. The van der Waals surface area contributed by atoms with Gasteiger partial charge >= 0.3 is 0 Å². The minimum Gasteiger partial charge on any atom is -0.490 e. The van der Waals surface area contributed by atoms with E-state index in [1.807, 2.05) is 13.0 Å². The molecule has 2 aromatic carbocycles. The number of allylic oxidation sites excluding steroid dienone is 1. The third kappa shape index (κ3) is 7.36. The van der Waals surface area contributed by atoms with Crippen molar-refractivity contribution in [3.05, 3.63) is 70.0 Å². The Morgan fingerprint density at radius 1 is 1.02 bits per heavy atom. The van der Waals surface area contributed by atoms with Gasteiger partial charge in [0.2, 0.25) is 10.0 Å². The van der Waals surface area contributed by atoms with Crippen LogP contribution in [0.3, 0.4) is 0 Å². The number of hydrogen-bond acceptors (Lipinski definition) is 9. The minimum absolute atomic E-state index is 0.0830. The number of benzene rings is 2. The Balaban J connectivity index is 1.16. The molecule has 10 nitrogen and oxygen atoms in total. The molecule has 3 saturated heterocycles. The summed E-state index contributed by atoms with van der Waals surface area (Å²) in [4.78, 5) is 25.7. The molecule has 1 spiro atoms. The Bertz CT molecular complexity index is 1860. The van der Waals surface area contributed by atoms with Gasteiger partial charge in [-0.05, 0) is 93.5 Å². The van der Waals surface area contributed by atoms with E-state index < -0.39 is 33.1 Å². The number of fused-ring (bicyclic) bond motifs is 5. The number of anilines is 1. The van der Waals surface area contributed by atoms with E-state index >= 15 is 4.39 Å². The fraction of sp³-hybridized carbons (Fsp3) is 0.625. The van der Waals surface area contributed by atoms with Gasteiger partial charge in [0.1, 0.15) is 11.6 Å². The molecular weight excluding hydrogens is 715 g/mol. The molecule has 1 N–H and O–H groups in total. The Hall–Kier alpha value is -2.74. The number of nitrogens with zero attached hydrogens (tertiary/aromatic N) is 5. The number of sulfonamides is 1. The third-order valence-corrected chi connectivity index (χ3v) is 15.4. The number of aryl methyl sites for hydroxylation is 1. The van der Waals surface area contributed by atoms with E-state index in [9.17, 15) is 13.2 Å². The molecule has 0 radical (unpaired) electrons. The molecule has 53 heavy (non-hydrogen) atoms. The maximum Gasteiger partial charge on any atom is 0.264 e. The van der Waals surface area contributed by atoms with Gasteiger partial charge in [0.25, 0.3) is 5.91 Å². The van der Waals surface area contributed by atoms with Crippen molar-refractivity contribution in [2.24, 2.45) is 5.92 Å². The fourth-order valence-electron chi connectivity index (χ4n) is 9.73. The van der Waals surface area contributed by atoms with Crippen LogP contribution in [0.25, 0.3) is 0 Å². The first-order valence-corrected chi connectivity index (χ1v) is 21.4. The van der Waals surface area contributed by atoms with E-state index in [0.29, 0.717) is 38.0 Å². The van der Waals surface area contributed by atoms with Crippen LogP contribution in [0.4, 0.5) is 10.1 Å². The van der Waals surface area contributed by atoms with Crippen LogP contribution < -0.4 is 14.4 Å². The molecule has 8 rings (SSSR count). The van der Waals surface area contributed by atoms with Gasteiger partial charge in [-0.15, -0.1) is 0 Å². The van der Waals surface area contributed by atoms with Crippen LogP contribution in [-0.4, -0.2) is 136 Å². The Morgan fingerprint density at radius 3 is 2.66 bits per heavy atom. The largest absolute Gasteiger partial charge is 0.490 e. The number of carbonyl (C=O) groups is 1. The molecule has 2 bridgehead atoms. The van der Waals surface area contributed by atoms with Crippen LogP contribution in [-0.2, 0) is 21.9 Å². The van der Waals surface area contributed by atoms with Gasteiger partial charge in [-0.1, -0.05) is 30.7 Å². The highest BCUT2D eigenvalue weighted by molar-refractivity contribution is 7.90. The standard InChI is InChI=1S/C40H54ClFN6O4S/c1-27-6-10-35(42)37(24-45-16-18-46-17-15-44(3)21-33(46)22-45)48-14-12-32(48)23-47-25-40(13-4-5-29-19-31(41)8-9-34(29)40)26-52-38-11-7-30(20-36(38)47)39(49)43-53(50,51)28(27)2/h7-11,19-20,27-28,32-33,37H,4-6,12-18,21-26H2,1-3H3,(H,43,49)/b35-10-/t27-,28+,32-,33+,37-,40-/m0/s1. The van der Waals surface area contributed by atoms with Crippen molar-refractivity contribution in [3.8, 4) is 5.75 Å². The lowest BCUT2D eigenvalue weighted by Crippen LogP contribution is -2.64. The van der Waals surface area contributed by atoms with Crippen LogP contribution in [0.15, 0.2) is 48.3 Å². The van der Waals surface area contributed by atoms with Gasteiger partial charge in [-0.25, -0.2) is 17.5 Å². The topological polar surface area (TPSA) is 88.7 Å². The van der Waals surface area contributed by atoms with Crippen molar-refractivity contribution in [2.45, 2.75) is 74.7 Å². The van der Waals surface area contributed by atoms with Crippen LogP contribution in [0.1, 0.15) is 61.0 Å². The Morgan fingerprint density at radius 2 is 1.85 bits per heavy atom. The van der Waals surface area contributed by atoms with Crippen molar-refractivity contribution in [3.63, 3.8) is 0 Å². The second-order valence-electron chi connectivity index (χ2n) is 16.7. The quantitative estimate of drug-likeness (QED) is 0.474. The maximum absolute atomic E-state index is 16.8. The van der Waals surface area contributed by atoms with E-state index in [2.05, 4.69) is 48.4 Å². The molecule has 0 saturated carbocycles. The van der Waals surface area contributed by atoms with Crippen molar-refractivity contribution >= 4 is 33.2 Å². The summed E-state index contributed by atoms with van der Waals surface area (Å²) in [7, 11) is -1.87.